The van der Waals surface area contributed by atoms with Crippen LogP contribution in [0.2, 0.25) is 5.02 Å². The van der Waals surface area contributed by atoms with E-state index >= 15 is 0 Å². The van der Waals surface area contributed by atoms with Crippen LogP contribution in [-0.4, -0.2) is 26.4 Å². The normalized spacial score (nSPS) is 11.1. The van der Waals surface area contributed by atoms with E-state index in [0.717, 1.165) is 12.4 Å². The first-order valence-electron chi connectivity index (χ1n) is 9.89. The van der Waals surface area contributed by atoms with Gasteiger partial charge in [0.05, 0.1) is 6.54 Å². The summed E-state index contributed by atoms with van der Waals surface area (Å²) < 4.78 is 2.13. The van der Waals surface area contributed by atoms with Crippen molar-refractivity contribution in [2.75, 3.05) is 0 Å². The van der Waals surface area contributed by atoms with Gasteiger partial charge in [-0.1, -0.05) is 29.3 Å². The average Bonchev–Trinajstić information content (AvgIpc) is 3.09. The summed E-state index contributed by atoms with van der Waals surface area (Å²) in [4.78, 5) is 19.5. The first-order chi connectivity index (χ1) is 13.8. The lowest BCUT2D eigenvalue weighted by Crippen LogP contribution is -2.37. The number of nitrogens with zero attached hydrogens (tertiary/aromatic N) is 3. The second-order valence-electron chi connectivity index (χ2n) is 7.88. The van der Waals surface area contributed by atoms with Crippen molar-refractivity contribution in [3.05, 3.63) is 87.5 Å². The van der Waals surface area contributed by atoms with Crippen LogP contribution in [0.4, 0.5) is 0 Å². The van der Waals surface area contributed by atoms with Crippen molar-refractivity contribution in [1.82, 2.24) is 14.5 Å². The summed E-state index contributed by atoms with van der Waals surface area (Å²) in [5.41, 5.74) is 5.76. The van der Waals surface area contributed by atoms with E-state index in [-0.39, 0.29) is 11.9 Å². The summed E-state index contributed by atoms with van der Waals surface area (Å²) in [5, 5.41) is 0.622. The smallest absolute Gasteiger partial charge is 0.254 e. The lowest BCUT2D eigenvalue weighted by molar-refractivity contribution is 0.0683. The third-order valence-electron chi connectivity index (χ3n) is 5.26. The molecule has 0 aliphatic rings. The van der Waals surface area contributed by atoms with Gasteiger partial charge in [0.1, 0.15) is 5.82 Å². The van der Waals surface area contributed by atoms with Crippen molar-refractivity contribution in [1.29, 1.82) is 0 Å². The Morgan fingerprint density at radius 2 is 1.72 bits per heavy atom. The number of aromatic nitrogens is 2. The Balaban J connectivity index is 1.85. The van der Waals surface area contributed by atoms with Crippen LogP contribution in [-0.2, 0) is 13.1 Å². The van der Waals surface area contributed by atoms with Gasteiger partial charge in [0.25, 0.3) is 5.91 Å². The van der Waals surface area contributed by atoms with E-state index in [1.165, 1.54) is 22.3 Å². The molecule has 0 saturated heterocycles. The Kier molecular flexibility index (Phi) is 6.43. The topological polar surface area (TPSA) is 38.1 Å². The highest BCUT2D eigenvalue weighted by Crippen LogP contribution is 2.20. The molecule has 1 amide bonds. The van der Waals surface area contributed by atoms with Gasteiger partial charge in [-0.25, -0.2) is 4.98 Å². The molecule has 0 atom stereocenters. The maximum absolute atomic E-state index is 13.1. The highest BCUT2D eigenvalue weighted by molar-refractivity contribution is 6.30. The number of hydrogen-bond donors (Lipinski definition) is 0. The van der Waals surface area contributed by atoms with Crippen molar-refractivity contribution in [2.45, 2.75) is 53.8 Å². The van der Waals surface area contributed by atoms with Gasteiger partial charge < -0.3 is 9.47 Å². The molecule has 0 radical (unpaired) electrons. The second kappa shape index (κ2) is 8.83. The highest BCUT2D eigenvalue weighted by Gasteiger charge is 2.21. The Morgan fingerprint density at radius 3 is 2.31 bits per heavy atom. The van der Waals surface area contributed by atoms with Gasteiger partial charge in [-0.2, -0.15) is 0 Å². The molecular weight excluding hydrogens is 382 g/mol. The number of carbonyl (C=O) groups is 1. The van der Waals surface area contributed by atoms with Crippen LogP contribution in [0.25, 0.3) is 0 Å². The molecule has 1 heterocycles. The van der Waals surface area contributed by atoms with Crippen LogP contribution >= 0.6 is 11.6 Å². The second-order valence-corrected chi connectivity index (χ2v) is 8.32. The molecule has 0 aliphatic carbocycles. The maximum atomic E-state index is 13.1. The molecule has 0 aliphatic heterocycles. The molecule has 1 aromatic heterocycles. The van der Waals surface area contributed by atoms with E-state index in [2.05, 4.69) is 42.5 Å². The molecule has 3 aromatic rings. The van der Waals surface area contributed by atoms with Crippen molar-refractivity contribution in [2.24, 2.45) is 0 Å². The van der Waals surface area contributed by atoms with Crippen molar-refractivity contribution in [3.63, 3.8) is 0 Å². The lowest BCUT2D eigenvalue weighted by Gasteiger charge is -2.27. The minimum Gasteiger partial charge on any atom is -0.329 e. The fourth-order valence-electron chi connectivity index (χ4n) is 3.66. The molecule has 0 saturated carbocycles. The van der Waals surface area contributed by atoms with E-state index in [4.69, 9.17) is 11.6 Å². The summed E-state index contributed by atoms with van der Waals surface area (Å²) in [7, 11) is 0. The molecule has 4 nitrogen and oxygen atoms in total. The van der Waals surface area contributed by atoms with E-state index in [9.17, 15) is 4.79 Å². The van der Waals surface area contributed by atoms with Gasteiger partial charge >= 0.3 is 0 Å². The molecule has 0 unspecified atom stereocenters. The monoisotopic (exact) mass is 409 g/mol. The quantitative estimate of drug-likeness (QED) is 0.534. The van der Waals surface area contributed by atoms with E-state index in [1.54, 1.807) is 30.5 Å². The van der Waals surface area contributed by atoms with Crippen molar-refractivity contribution < 1.29 is 4.79 Å². The maximum Gasteiger partial charge on any atom is 0.254 e. The van der Waals surface area contributed by atoms with E-state index in [0.29, 0.717) is 17.1 Å². The van der Waals surface area contributed by atoms with E-state index < -0.39 is 0 Å². The number of rotatable bonds is 6. The summed E-state index contributed by atoms with van der Waals surface area (Å²) in [6, 6.07) is 11.5. The van der Waals surface area contributed by atoms with Gasteiger partial charge in [0.15, 0.2) is 0 Å². The number of benzene rings is 2. The average molecular weight is 410 g/mol. The Labute approximate surface area is 178 Å². The van der Waals surface area contributed by atoms with Crippen LogP contribution in [0.5, 0.6) is 0 Å². The molecular formula is C24H28ClN3O. The summed E-state index contributed by atoms with van der Waals surface area (Å²) in [6.07, 6.45) is 3.79. The van der Waals surface area contributed by atoms with Gasteiger partial charge in [0, 0.05) is 35.6 Å². The standard InChI is InChI=1S/C24H28ClN3O/c1-16(2)28(24(29)20-6-8-21(25)9-7-20)15-23-26-10-11-27(23)14-22-18(4)12-17(3)13-19(22)5/h6-13,16H,14-15H2,1-5H3. The number of aryl methyl sites for hydroxylation is 3. The molecule has 0 N–H and O–H groups in total. The first-order valence-corrected chi connectivity index (χ1v) is 10.3. The number of carbonyl (C=O) groups excluding carboxylic acids is 1. The van der Waals surface area contributed by atoms with Gasteiger partial charge in [-0.15, -0.1) is 0 Å². The largest absolute Gasteiger partial charge is 0.329 e. The number of hydrogen-bond acceptors (Lipinski definition) is 2. The van der Waals surface area contributed by atoms with Gasteiger partial charge in [-0.05, 0) is 75.6 Å². The fraction of sp³-hybridized carbons (Fsp3) is 0.333. The van der Waals surface area contributed by atoms with Crippen LogP contribution < -0.4 is 0 Å². The Hall–Kier alpha value is -2.59. The van der Waals surface area contributed by atoms with Crippen LogP contribution in [0.3, 0.4) is 0 Å². The predicted octanol–water partition coefficient (Wildman–Crippen LogP) is 5.56. The van der Waals surface area contributed by atoms with Crippen molar-refractivity contribution in [3.8, 4) is 0 Å². The zero-order chi connectivity index (χ0) is 21.1. The third-order valence-corrected chi connectivity index (χ3v) is 5.51. The summed E-state index contributed by atoms with van der Waals surface area (Å²) in [5.74, 6) is 0.856. The number of amides is 1. The summed E-state index contributed by atoms with van der Waals surface area (Å²) >= 11 is 5.97. The fourth-order valence-corrected chi connectivity index (χ4v) is 3.79. The molecule has 29 heavy (non-hydrogen) atoms. The van der Waals surface area contributed by atoms with Crippen LogP contribution in [0.1, 0.15) is 52.3 Å². The van der Waals surface area contributed by atoms with E-state index in [1.807, 2.05) is 24.9 Å². The van der Waals surface area contributed by atoms with Gasteiger partial charge in [-0.3, -0.25) is 4.79 Å². The minimum atomic E-state index is -0.0195. The molecule has 0 bridgehead atoms. The minimum absolute atomic E-state index is 0.0195. The van der Waals surface area contributed by atoms with Gasteiger partial charge in [0.2, 0.25) is 0 Å². The Bertz CT molecular complexity index is 982. The van der Waals surface area contributed by atoms with Crippen LogP contribution in [0.15, 0.2) is 48.8 Å². The molecule has 152 valence electrons. The predicted molar refractivity (Wildman–Crippen MR) is 118 cm³/mol. The molecule has 0 spiro atoms. The Morgan fingerprint density at radius 1 is 1.10 bits per heavy atom. The number of halogens is 1. The third kappa shape index (κ3) is 4.88. The molecule has 0 fully saturated rings. The summed E-state index contributed by atoms with van der Waals surface area (Å²) in [6.45, 7) is 11.7. The van der Waals surface area contributed by atoms with Crippen molar-refractivity contribution >= 4 is 17.5 Å². The zero-order valence-corrected chi connectivity index (χ0v) is 18.5. The molecule has 5 heteroatoms. The number of imidazole rings is 1. The highest BCUT2D eigenvalue weighted by atomic mass is 35.5. The van der Waals surface area contributed by atoms with Crippen LogP contribution in [0, 0.1) is 20.8 Å². The molecule has 2 aromatic carbocycles. The zero-order valence-electron chi connectivity index (χ0n) is 17.7. The first kappa shape index (κ1) is 21.1. The molecule has 3 rings (SSSR count). The lowest BCUT2D eigenvalue weighted by atomic mass is 10.00. The SMILES string of the molecule is Cc1cc(C)c(Cn2ccnc2CN(C(=O)c2ccc(Cl)cc2)C(C)C)c(C)c1.